The van der Waals surface area contributed by atoms with Crippen LogP contribution in [-0.2, 0) is 14.4 Å². The van der Waals surface area contributed by atoms with E-state index < -0.39 is 17.7 Å². The number of rotatable bonds is 8. The van der Waals surface area contributed by atoms with Crippen molar-refractivity contribution in [3.05, 3.63) is 87.9 Å². The molecule has 0 unspecified atom stereocenters. The number of anilines is 2. The zero-order valence-corrected chi connectivity index (χ0v) is 22.3. The first kappa shape index (κ1) is 27.1. The van der Waals surface area contributed by atoms with E-state index in [4.69, 9.17) is 44.9 Å². The Kier molecular flexibility index (Phi) is 8.62. The van der Waals surface area contributed by atoms with E-state index >= 15 is 0 Å². The number of thiocarbonyl (C=S) groups is 1. The molecule has 1 saturated heterocycles. The number of benzene rings is 3. The molecule has 3 amide bonds. The maximum atomic E-state index is 13.2. The zero-order chi connectivity index (χ0) is 27.2. The fourth-order valence-electron chi connectivity index (χ4n) is 3.55. The van der Waals surface area contributed by atoms with Crippen molar-refractivity contribution in [2.75, 3.05) is 23.4 Å². The Labute approximate surface area is 234 Å². The molecule has 1 aliphatic heterocycles. The highest BCUT2D eigenvalue weighted by Crippen LogP contribution is 2.31. The highest BCUT2D eigenvalue weighted by atomic mass is 35.5. The van der Waals surface area contributed by atoms with Crippen molar-refractivity contribution in [2.45, 2.75) is 6.92 Å². The lowest BCUT2D eigenvalue weighted by molar-refractivity contribution is -0.122. The van der Waals surface area contributed by atoms with E-state index in [1.165, 1.54) is 17.0 Å². The molecule has 4 rings (SSSR count). The van der Waals surface area contributed by atoms with Gasteiger partial charge >= 0.3 is 0 Å². The lowest BCUT2D eigenvalue weighted by atomic mass is 10.1. The minimum Gasteiger partial charge on any atom is -0.490 e. The van der Waals surface area contributed by atoms with E-state index in [0.717, 1.165) is 0 Å². The molecule has 2 N–H and O–H groups in total. The predicted octanol–water partition coefficient (Wildman–Crippen LogP) is 5.24. The standard InChI is InChI=1S/C27H21Cl2N3O5S/c1-2-36-23-13-16(8-11-22(23)37-15-24(33)30-17-9-10-20(28)21(29)14-17)12-19-25(34)31-27(38)32(26(19)35)18-6-4-3-5-7-18/h3-14H,2,15H2,1H3,(H,30,33)(H,31,34,38)/b19-12-. The topological polar surface area (TPSA) is 97.0 Å². The molecule has 3 aromatic rings. The minimum absolute atomic E-state index is 0.00116. The van der Waals surface area contributed by atoms with Gasteiger partial charge in [0.2, 0.25) is 0 Å². The third-order valence-electron chi connectivity index (χ3n) is 5.26. The van der Waals surface area contributed by atoms with Crippen molar-refractivity contribution < 1.29 is 23.9 Å². The van der Waals surface area contributed by atoms with Gasteiger partial charge in [0.05, 0.1) is 22.3 Å². The number of carbonyl (C=O) groups is 3. The van der Waals surface area contributed by atoms with Crippen LogP contribution in [0.2, 0.25) is 10.0 Å². The number of hydrogen-bond donors (Lipinski definition) is 2. The summed E-state index contributed by atoms with van der Waals surface area (Å²) in [5.41, 5.74) is 1.42. The van der Waals surface area contributed by atoms with Gasteiger partial charge in [0, 0.05) is 5.69 Å². The van der Waals surface area contributed by atoms with Crippen LogP contribution in [0.1, 0.15) is 12.5 Å². The molecule has 0 saturated carbocycles. The predicted molar refractivity (Wildman–Crippen MR) is 151 cm³/mol. The first-order valence-electron chi connectivity index (χ1n) is 11.4. The molecular formula is C27H21Cl2N3O5S. The fourth-order valence-corrected chi connectivity index (χ4v) is 4.13. The highest BCUT2D eigenvalue weighted by molar-refractivity contribution is 7.80. The quantitative estimate of drug-likeness (QED) is 0.219. The fraction of sp³-hybridized carbons (Fsp3) is 0.111. The second kappa shape index (κ2) is 12.1. The average Bonchev–Trinajstić information content (AvgIpc) is 2.89. The molecule has 0 atom stereocenters. The molecular weight excluding hydrogens is 549 g/mol. The van der Waals surface area contributed by atoms with Crippen molar-refractivity contribution in [3.8, 4) is 11.5 Å². The Morgan fingerprint density at radius 1 is 1.00 bits per heavy atom. The SMILES string of the molecule is CCOc1cc(/C=C2/C(=O)NC(=S)N(c3ccccc3)C2=O)ccc1OCC(=O)Nc1ccc(Cl)c(Cl)c1. The normalized spacial score (nSPS) is 14.3. The average molecular weight is 570 g/mol. The van der Waals surface area contributed by atoms with Crippen LogP contribution < -0.4 is 25.0 Å². The number of nitrogens with zero attached hydrogens (tertiary/aromatic N) is 1. The molecule has 0 spiro atoms. The first-order chi connectivity index (χ1) is 18.3. The maximum Gasteiger partial charge on any atom is 0.270 e. The first-order valence-corrected chi connectivity index (χ1v) is 12.5. The van der Waals surface area contributed by atoms with Gasteiger partial charge in [-0.15, -0.1) is 0 Å². The third kappa shape index (κ3) is 6.31. The van der Waals surface area contributed by atoms with Gasteiger partial charge in [-0.05, 0) is 73.2 Å². The molecule has 11 heteroatoms. The number of carbonyl (C=O) groups excluding carboxylic acids is 3. The largest absolute Gasteiger partial charge is 0.490 e. The maximum absolute atomic E-state index is 13.2. The van der Waals surface area contributed by atoms with Gasteiger partial charge in [0.1, 0.15) is 5.57 Å². The molecule has 0 radical (unpaired) electrons. The molecule has 1 fully saturated rings. The van der Waals surface area contributed by atoms with E-state index in [1.807, 2.05) is 6.07 Å². The van der Waals surface area contributed by atoms with Crippen molar-refractivity contribution in [3.63, 3.8) is 0 Å². The lowest BCUT2D eigenvalue weighted by Gasteiger charge is -2.28. The van der Waals surface area contributed by atoms with E-state index in [9.17, 15) is 14.4 Å². The molecule has 8 nitrogen and oxygen atoms in total. The summed E-state index contributed by atoms with van der Waals surface area (Å²) in [6.45, 7) is 1.81. The van der Waals surface area contributed by atoms with Crippen LogP contribution in [0.3, 0.4) is 0 Å². The molecule has 1 heterocycles. The molecule has 1 aliphatic rings. The Bertz CT molecular complexity index is 1450. The van der Waals surface area contributed by atoms with Gasteiger partial charge in [-0.1, -0.05) is 47.5 Å². The van der Waals surface area contributed by atoms with Gasteiger partial charge in [0.25, 0.3) is 17.7 Å². The number of hydrogen-bond acceptors (Lipinski definition) is 6. The highest BCUT2D eigenvalue weighted by Gasteiger charge is 2.34. The third-order valence-corrected chi connectivity index (χ3v) is 6.28. The summed E-state index contributed by atoms with van der Waals surface area (Å²) in [5, 5.41) is 5.91. The van der Waals surface area contributed by atoms with Crippen molar-refractivity contribution in [2.24, 2.45) is 0 Å². The van der Waals surface area contributed by atoms with Gasteiger partial charge in [-0.3, -0.25) is 24.6 Å². The van der Waals surface area contributed by atoms with Crippen LogP contribution in [0.15, 0.2) is 72.3 Å². The van der Waals surface area contributed by atoms with E-state index in [0.29, 0.717) is 45.1 Å². The summed E-state index contributed by atoms with van der Waals surface area (Å²) in [6.07, 6.45) is 1.44. The van der Waals surface area contributed by atoms with Crippen molar-refractivity contribution in [1.82, 2.24) is 5.32 Å². The number of ether oxygens (including phenoxy) is 2. The van der Waals surface area contributed by atoms with Crippen molar-refractivity contribution >= 4 is 75.7 Å². The number of amides is 3. The summed E-state index contributed by atoms with van der Waals surface area (Å²) >= 11 is 17.1. The molecule has 3 aromatic carbocycles. The number of para-hydroxylation sites is 1. The summed E-state index contributed by atoms with van der Waals surface area (Å²) in [4.78, 5) is 39.4. The van der Waals surface area contributed by atoms with E-state index in [1.54, 1.807) is 61.5 Å². The Balaban J connectivity index is 1.52. The molecule has 0 aliphatic carbocycles. The zero-order valence-electron chi connectivity index (χ0n) is 20.0. The second-order valence-corrected chi connectivity index (χ2v) is 9.10. The lowest BCUT2D eigenvalue weighted by Crippen LogP contribution is -2.54. The van der Waals surface area contributed by atoms with Crippen LogP contribution in [-0.4, -0.2) is 36.0 Å². The molecule has 0 bridgehead atoms. The van der Waals surface area contributed by atoms with Crippen LogP contribution >= 0.6 is 35.4 Å². The van der Waals surface area contributed by atoms with Gasteiger partial charge in [-0.2, -0.15) is 0 Å². The smallest absolute Gasteiger partial charge is 0.270 e. The monoisotopic (exact) mass is 569 g/mol. The Morgan fingerprint density at radius 3 is 2.47 bits per heavy atom. The molecule has 38 heavy (non-hydrogen) atoms. The molecule has 194 valence electrons. The second-order valence-electron chi connectivity index (χ2n) is 7.90. The summed E-state index contributed by atoms with van der Waals surface area (Å²) in [6, 6.07) is 18.4. The van der Waals surface area contributed by atoms with Gasteiger partial charge < -0.3 is 14.8 Å². The summed E-state index contributed by atoms with van der Waals surface area (Å²) in [7, 11) is 0. The Morgan fingerprint density at radius 2 is 1.76 bits per heavy atom. The van der Waals surface area contributed by atoms with E-state index in [2.05, 4.69) is 10.6 Å². The summed E-state index contributed by atoms with van der Waals surface area (Å²) in [5.74, 6) is -0.932. The molecule has 0 aromatic heterocycles. The number of nitrogens with one attached hydrogen (secondary N) is 2. The van der Waals surface area contributed by atoms with Crippen molar-refractivity contribution in [1.29, 1.82) is 0 Å². The van der Waals surface area contributed by atoms with Gasteiger partial charge in [0.15, 0.2) is 23.2 Å². The van der Waals surface area contributed by atoms with E-state index in [-0.39, 0.29) is 17.3 Å². The number of halogens is 2. The van der Waals surface area contributed by atoms with Crippen LogP contribution in [0, 0.1) is 0 Å². The summed E-state index contributed by atoms with van der Waals surface area (Å²) < 4.78 is 11.3. The minimum atomic E-state index is -0.607. The Hall–Kier alpha value is -3.92. The van der Waals surface area contributed by atoms with Crippen LogP contribution in [0.25, 0.3) is 6.08 Å². The van der Waals surface area contributed by atoms with Crippen LogP contribution in [0.4, 0.5) is 11.4 Å². The van der Waals surface area contributed by atoms with Crippen LogP contribution in [0.5, 0.6) is 11.5 Å². The van der Waals surface area contributed by atoms with Gasteiger partial charge in [-0.25, -0.2) is 0 Å².